The van der Waals surface area contributed by atoms with Crippen LogP contribution >= 0.6 is 11.6 Å². The predicted octanol–water partition coefficient (Wildman–Crippen LogP) is 4.92. The van der Waals surface area contributed by atoms with Gasteiger partial charge in [-0.2, -0.15) is 4.39 Å². The Bertz CT molecular complexity index is 1360. The highest BCUT2D eigenvalue weighted by molar-refractivity contribution is 6.35. The summed E-state index contributed by atoms with van der Waals surface area (Å²) in [6, 6.07) is 14.2. The number of benzene rings is 3. The van der Waals surface area contributed by atoms with Crippen molar-refractivity contribution in [1.29, 1.82) is 0 Å². The van der Waals surface area contributed by atoms with Crippen molar-refractivity contribution in [2.45, 2.75) is 6.92 Å². The number of nitrogens with zero attached hydrogens (tertiary/aromatic N) is 3. The van der Waals surface area contributed by atoms with Crippen molar-refractivity contribution in [3.63, 3.8) is 0 Å². The van der Waals surface area contributed by atoms with Gasteiger partial charge < -0.3 is 19.9 Å². The molecule has 3 aromatic carbocycles. The Morgan fingerprint density at radius 1 is 1.08 bits per heavy atom. The van der Waals surface area contributed by atoms with Crippen LogP contribution < -0.4 is 15.0 Å². The van der Waals surface area contributed by atoms with Crippen LogP contribution in [-0.4, -0.2) is 54.9 Å². The third kappa shape index (κ3) is 5.71. The van der Waals surface area contributed by atoms with Gasteiger partial charge in [0, 0.05) is 37.8 Å². The molecule has 0 aromatic heterocycles. The lowest BCUT2D eigenvalue weighted by atomic mass is 10.1. The third-order valence-corrected chi connectivity index (χ3v) is 6.61. The molecule has 0 atom stereocenters. The van der Waals surface area contributed by atoms with Gasteiger partial charge >= 0.3 is 11.7 Å². The zero-order valence-electron chi connectivity index (χ0n) is 20.2. The number of para-hydroxylation sites is 1. The first-order valence-corrected chi connectivity index (χ1v) is 11.8. The van der Waals surface area contributed by atoms with Crippen LogP contribution in [0.2, 0.25) is 5.02 Å². The largest absolute Gasteiger partial charge is 0.423 e. The minimum absolute atomic E-state index is 0.185. The van der Waals surface area contributed by atoms with E-state index in [2.05, 4.69) is 15.1 Å². The molecule has 1 aliphatic heterocycles. The molecule has 3 aromatic rings. The highest BCUT2D eigenvalue weighted by atomic mass is 35.5. The van der Waals surface area contributed by atoms with E-state index in [1.807, 2.05) is 7.05 Å². The van der Waals surface area contributed by atoms with Crippen LogP contribution in [0.3, 0.4) is 0 Å². The fourth-order valence-electron chi connectivity index (χ4n) is 3.98. The summed E-state index contributed by atoms with van der Waals surface area (Å²) in [5.41, 5.74) is -0.190. The van der Waals surface area contributed by atoms with E-state index in [1.54, 1.807) is 42.5 Å². The van der Waals surface area contributed by atoms with Crippen molar-refractivity contribution in [2.24, 2.45) is 0 Å². The summed E-state index contributed by atoms with van der Waals surface area (Å²) in [5, 5.41) is 13.8. The van der Waals surface area contributed by atoms with E-state index in [0.717, 1.165) is 19.2 Å². The molecule has 0 aliphatic carbocycles. The lowest BCUT2D eigenvalue weighted by molar-refractivity contribution is -0.387. The maximum absolute atomic E-state index is 14.3. The monoisotopic (exact) mass is 526 g/mol. The Morgan fingerprint density at radius 2 is 1.76 bits per heavy atom. The van der Waals surface area contributed by atoms with Crippen LogP contribution in [0, 0.1) is 22.9 Å². The number of nitro groups is 1. The average Bonchev–Trinajstić information content (AvgIpc) is 2.88. The lowest BCUT2D eigenvalue weighted by Gasteiger charge is -2.35. The van der Waals surface area contributed by atoms with Crippen LogP contribution in [0.5, 0.6) is 5.75 Å². The molecule has 192 valence electrons. The molecule has 0 bridgehead atoms. The molecule has 1 fully saturated rings. The molecule has 1 aliphatic rings. The van der Waals surface area contributed by atoms with Crippen LogP contribution in [0.25, 0.3) is 0 Å². The number of hydrogen-bond acceptors (Lipinski definition) is 7. The number of piperazine rings is 1. The van der Waals surface area contributed by atoms with E-state index in [9.17, 15) is 24.1 Å². The smallest absolute Gasteiger partial charge is 0.343 e. The first kappa shape index (κ1) is 26.1. The van der Waals surface area contributed by atoms with Gasteiger partial charge in [-0.3, -0.25) is 14.9 Å². The summed E-state index contributed by atoms with van der Waals surface area (Å²) >= 11 is 6.20. The second kappa shape index (κ2) is 10.9. The van der Waals surface area contributed by atoms with Crippen molar-refractivity contribution in [2.75, 3.05) is 43.4 Å². The number of carbonyl (C=O) groups is 2. The fourth-order valence-corrected chi connectivity index (χ4v) is 4.21. The zero-order chi connectivity index (χ0) is 26.7. The highest BCUT2D eigenvalue weighted by Crippen LogP contribution is 2.33. The molecule has 0 radical (unpaired) electrons. The number of amides is 1. The van der Waals surface area contributed by atoms with E-state index >= 15 is 0 Å². The molecule has 9 nitrogen and oxygen atoms in total. The lowest BCUT2D eigenvalue weighted by Crippen LogP contribution is -2.44. The quantitative estimate of drug-likeness (QED) is 0.210. The number of esters is 1. The summed E-state index contributed by atoms with van der Waals surface area (Å²) in [7, 11) is 2.01. The Morgan fingerprint density at radius 3 is 2.41 bits per heavy atom. The number of nitro benzene ring substituents is 1. The molecule has 1 amide bonds. The molecule has 1 N–H and O–H groups in total. The molecule has 4 rings (SSSR count). The molecule has 0 unspecified atom stereocenters. The minimum atomic E-state index is -1.10. The Hall–Kier alpha value is -4.02. The average molecular weight is 527 g/mol. The van der Waals surface area contributed by atoms with Crippen LogP contribution in [-0.2, 0) is 0 Å². The van der Waals surface area contributed by atoms with E-state index in [-0.39, 0.29) is 27.4 Å². The third-order valence-electron chi connectivity index (χ3n) is 6.12. The predicted molar refractivity (Wildman–Crippen MR) is 138 cm³/mol. The van der Waals surface area contributed by atoms with Crippen LogP contribution in [0.15, 0.2) is 54.6 Å². The highest BCUT2D eigenvalue weighted by Gasteiger charge is 2.26. The summed E-state index contributed by atoms with van der Waals surface area (Å²) in [6.07, 6.45) is 0. The van der Waals surface area contributed by atoms with Gasteiger partial charge in [0.25, 0.3) is 5.91 Å². The molecule has 37 heavy (non-hydrogen) atoms. The molecule has 11 heteroatoms. The van der Waals surface area contributed by atoms with Gasteiger partial charge in [-0.05, 0) is 44.3 Å². The fraction of sp³-hybridized carbons (Fsp3) is 0.231. The first-order chi connectivity index (χ1) is 17.7. The zero-order valence-corrected chi connectivity index (χ0v) is 20.9. The molecular formula is C26H24ClFN4O5. The van der Waals surface area contributed by atoms with Gasteiger partial charge in [0.05, 0.1) is 32.4 Å². The van der Waals surface area contributed by atoms with Crippen molar-refractivity contribution < 1.29 is 23.6 Å². The first-order valence-electron chi connectivity index (χ1n) is 11.4. The van der Waals surface area contributed by atoms with Gasteiger partial charge in [0.15, 0.2) is 0 Å². The maximum Gasteiger partial charge on any atom is 0.343 e. The van der Waals surface area contributed by atoms with Crippen LogP contribution in [0.4, 0.5) is 21.5 Å². The molecule has 0 saturated carbocycles. The van der Waals surface area contributed by atoms with E-state index in [1.165, 1.54) is 13.0 Å². The number of halogens is 2. The SMILES string of the molecule is Cc1c(F)c([N+](=O)[O-])cc(C(=O)Nc2cc(C(=O)Oc3ccccc3)ccc2N2CCN(C)CC2)c1Cl. The number of hydrogen-bond donors (Lipinski definition) is 1. The van der Waals surface area contributed by atoms with Gasteiger partial charge in [-0.25, -0.2) is 4.79 Å². The summed E-state index contributed by atoms with van der Waals surface area (Å²) in [5.74, 6) is -2.14. The normalized spacial score (nSPS) is 13.8. The summed E-state index contributed by atoms with van der Waals surface area (Å²) < 4.78 is 19.7. The van der Waals surface area contributed by atoms with Gasteiger partial charge in [0.2, 0.25) is 5.82 Å². The standard InChI is InChI=1S/C26H24ClFN4O5/c1-16-23(27)19(15-22(24(16)28)32(35)36)25(33)29-20-14-17(26(34)37-18-6-4-3-5-7-18)8-9-21(20)31-12-10-30(2)11-13-31/h3-9,14-15H,10-13H2,1-2H3,(H,29,33). The van der Waals surface area contributed by atoms with Gasteiger partial charge in [-0.15, -0.1) is 0 Å². The van der Waals surface area contributed by atoms with E-state index < -0.39 is 28.3 Å². The minimum Gasteiger partial charge on any atom is -0.423 e. The number of nitrogens with one attached hydrogen (secondary N) is 1. The van der Waals surface area contributed by atoms with Crippen LogP contribution in [0.1, 0.15) is 26.3 Å². The number of anilines is 2. The summed E-state index contributed by atoms with van der Waals surface area (Å²) in [6.45, 7) is 4.20. The van der Waals surface area contributed by atoms with Crippen molar-refractivity contribution >= 4 is 40.5 Å². The number of rotatable bonds is 6. The van der Waals surface area contributed by atoms with E-state index in [4.69, 9.17) is 16.3 Å². The second-order valence-corrected chi connectivity index (χ2v) is 9.01. The van der Waals surface area contributed by atoms with E-state index in [0.29, 0.717) is 24.5 Å². The Labute approximate surface area is 217 Å². The van der Waals surface area contributed by atoms with Crippen molar-refractivity contribution in [1.82, 2.24) is 4.90 Å². The molecule has 1 saturated heterocycles. The number of likely N-dealkylation sites (N-methyl/N-ethyl adjacent to an activating group) is 1. The van der Waals surface area contributed by atoms with Gasteiger partial charge in [-0.1, -0.05) is 29.8 Å². The molecule has 1 heterocycles. The second-order valence-electron chi connectivity index (χ2n) is 8.63. The maximum atomic E-state index is 14.3. The number of carbonyl (C=O) groups excluding carboxylic acids is 2. The summed E-state index contributed by atoms with van der Waals surface area (Å²) in [4.78, 5) is 40.7. The number of ether oxygens (including phenoxy) is 1. The topological polar surface area (TPSA) is 105 Å². The van der Waals surface area contributed by atoms with Gasteiger partial charge in [0.1, 0.15) is 5.75 Å². The molecule has 0 spiro atoms. The van der Waals surface area contributed by atoms with Crippen molar-refractivity contribution in [3.8, 4) is 5.75 Å². The Kier molecular flexibility index (Phi) is 7.70. The Balaban J connectivity index is 1.70. The van der Waals surface area contributed by atoms with Crippen molar-refractivity contribution in [3.05, 3.63) is 92.2 Å². The molecular weight excluding hydrogens is 503 g/mol.